The maximum Gasteiger partial charge on any atom is 0.0558 e. The van der Waals surface area contributed by atoms with Crippen LogP contribution in [0, 0.1) is 0 Å². The van der Waals surface area contributed by atoms with Gasteiger partial charge in [0.25, 0.3) is 0 Å². The van der Waals surface area contributed by atoms with Crippen LogP contribution in [0.15, 0.2) is 18.2 Å². The quantitative estimate of drug-likeness (QED) is 0.864. The molecule has 1 aliphatic heterocycles. The number of aliphatic hydroxyl groups is 1. The van der Waals surface area contributed by atoms with E-state index < -0.39 is 0 Å². The predicted molar refractivity (Wildman–Crippen MR) is 71.2 cm³/mol. The fourth-order valence-electron chi connectivity index (χ4n) is 2.51. The largest absolute Gasteiger partial charge is 0.395 e. The first-order valence-electron chi connectivity index (χ1n) is 6.69. The van der Waals surface area contributed by atoms with Crippen molar-refractivity contribution >= 4 is 0 Å². The first kappa shape index (κ1) is 12.6. The highest BCUT2D eigenvalue weighted by molar-refractivity contribution is 5.35. The van der Waals surface area contributed by atoms with Crippen molar-refractivity contribution in [1.82, 2.24) is 4.90 Å². The first-order valence-corrected chi connectivity index (χ1v) is 6.69. The van der Waals surface area contributed by atoms with E-state index in [1.807, 2.05) is 0 Å². The molecule has 1 atom stereocenters. The van der Waals surface area contributed by atoms with Gasteiger partial charge < -0.3 is 5.11 Å². The Hall–Kier alpha value is -0.860. The third kappa shape index (κ3) is 2.88. The molecular weight excluding hydrogens is 210 g/mol. The highest BCUT2D eigenvalue weighted by atomic mass is 16.3. The predicted octanol–water partition coefficient (Wildman–Crippen LogP) is 2.55. The third-order valence-electron chi connectivity index (χ3n) is 3.92. The second-order valence-electron chi connectivity index (χ2n) is 5.09. The Kier molecular flexibility index (Phi) is 4.19. The van der Waals surface area contributed by atoms with Gasteiger partial charge >= 0.3 is 0 Å². The second kappa shape index (κ2) is 5.65. The molecule has 0 amide bonds. The van der Waals surface area contributed by atoms with E-state index >= 15 is 0 Å². The monoisotopic (exact) mass is 233 g/mol. The number of nitrogens with zero attached hydrogens (tertiary/aromatic N) is 1. The van der Waals surface area contributed by atoms with Crippen LogP contribution >= 0.6 is 0 Å². The van der Waals surface area contributed by atoms with Crippen molar-refractivity contribution in [1.29, 1.82) is 0 Å². The number of hydrogen-bond donors (Lipinski definition) is 1. The molecule has 2 heteroatoms. The summed E-state index contributed by atoms with van der Waals surface area (Å²) in [6, 6.07) is 6.95. The molecule has 1 aromatic rings. The summed E-state index contributed by atoms with van der Waals surface area (Å²) in [5.41, 5.74) is 4.41. The number of β-amino-alcohol motifs (C(OH)–C–C–N with tert-alkyl or cyclic N) is 1. The van der Waals surface area contributed by atoms with Gasteiger partial charge in [-0.2, -0.15) is 0 Å². The van der Waals surface area contributed by atoms with Crippen LogP contribution in [0.2, 0.25) is 0 Å². The van der Waals surface area contributed by atoms with Crippen molar-refractivity contribution in [2.75, 3.05) is 19.7 Å². The molecular formula is C15H23NO. The van der Waals surface area contributed by atoms with Gasteiger partial charge in [0.1, 0.15) is 0 Å². The van der Waals surface area contributed by atoms with Crippen LogP contribution in [0.4, 0.5) is 0 Å². The van der Waals surface area contributed by atoms with Crippen LogP contribution in [0.3, 0.4) is 0 Å². The third-order valence-corrected chi connectivity index (χ3v) is 3.92. The Bertz CT molecular complexity index is 375. The van der Waals surface area contributed by atoms with Gasteiger partial charge in [0.15, 0.2) is 0 Å². The fourth-order valence-corrected chi connectivity index (χ4v) is 2.51. The zero-order valence-corrected chi connectivity index (χ0v) is 10.9. The summed E-state index contributed by atoms with van der Waals surface area (Å²) in [4.78, 5) is 2.34. The van der Waals surface area contributed by atoms with Crippen molar-refractivity contribution < 1.29 is 5.11 Å². The molecule has 94 valence electrons. The summed E-state index contributed by atoms with van der Waals surface area (Å²) in [5.74, 6) is 0.647. The summed E-state index contributed by atoms with van der Waals surface area (Å²) in [6.07, 6.45) is 2.31. The van der Waals surface area contributed by atoms with Gasteiger partial charge in [0.2, 0.25) is 0 Å². The van der Waals surface area contributed by atoms with E-state index in [9.17, 15) is 0 Å². The van der Waals surface area contributed by atoms with Crippen molar-refractivity contribution in [2.24, 2.45) is 0 Å². The average molecular weight is 233 g/mol. The minimum atomic E-state index is 0.264. The van der Waals surface area contributed by atoms with E-state index in [0.29, 0.717) is 5.92 Å². The summed E-state index contributed by atoms with van der Waals surface area (Å²) in [5, 5.41) is 9.01. The van der Waals surface area contributed by atoms with Crippen LogP contribution < -0.4 is 0 Å². The molecule has 1 unspecified atom stereocenters. The Morgan fingerprint density at radius 3 is 2.88 bits per heavy atom. The molecule has 17 heavy (non-hydrogen) atoms. The summed E-state index contributed by atoms with van der Waals surface area (Å²) >= 11 is 0. The number of fused-ring (bicyclic) bond motifs is 1. The smallest absolute Gasteiger partial charge is 0.0558 e. The molecule has 1 aliphatic rings. The topological polar surface area (TPSA) is 23.5 Å². The van der Waals surface area contributed by atoms with E-state index in [-0.39, 0.29) is 6.61 Å². The molecule has 2 nitrogen and oxygen atoms in total. The van der Waals surface area contributed by atoms with Crippen LogP contribution in [-0.4, -0.2) is 29.7 Å². The number of hydrogen-bond acceptors (Lipinski definition) is 2. The van der Waals surface area contributed by atoms with Crippen LogP contribution in [-0.2, 0) is 13.0 Å². The molecule has 0 aromatic heterocycles. The van der Waals surface area contributed by atoms with Gasteiger partial charge in [-0.15, -0.1) is 0 Å². The normalized spacial score (nSPS) is 17.8. The van der Waals surface area contributed by atoms with E-state index in [1.165, 1.54) is 23.1 Å². The molecule has 1 N–H and O–H groups in total. The molecule has 0 radical (unpaired) electrons. The number of benzene rings is 1. The molecule has 0 bridgehead atoms. The SMILES string of the molecule is CCC(C)c1ccc2c(c1)CN(CCO)CC2. The van der Waals surface area contributed by atoms with Gasteiger partial charge in [-0.1, -0.05) is 32.0 Å². The Labute approximate surface area is 104 Å². The van der Waals surface area contributed by atoms with E-state index in [4.69, 9.17) is 5.11 Å². The highest BCUT2D eigenvalue weighted by Crippen LogP contribution is 2.25. The van der Waals surface area contributed by atoms with Gasteiger partial charge in [-0.3, -0.25) is 4.90 Å². The first-order chi connectivity index (χ1) is 8.24. The Morgan fingerprint density at radius 1 is 1.35 bits per heavy atom. The lowest BCUT2D eigenvalue weighted by molar-refractivity contribution is 0.184. The van der Waals surface area contributed by atoms with Crippen molar-refractivity contribution in [3.8, 4) is 0 Å². The second-order valence-corrected chi connectivity index (χ2v) is 5.09. The van der Waals surface area contributed by atoms with Gasteiger partial charge in [0, 0.05) is 19.6 Å². The number of aliphatic hydroxyl groups excluding tert-OH is 1. The molecule has 2 rings (SSSR count). The van der Waals surface area contributed by atoms with Crippen LogP contribution in [0.5, 0.6) is 0 Å². The van der Waals surface area contributed by atoms with Crippen molar-refractivity contribution in [3.05, 3.63) is 34.9 Å². The molecule has 0 saturated carbocycles. The van der Waals surface area contributed by atoms with Crippen LogP contribution in [0.25, 0.3) is 0 Å². The summed E-state index contributed by atoms with van der Waals surface area (Å²) < 4.78 is 0. The van der Waals surface area contributed by atoms with Gasteiger partial charge in [0.05, 0.1) is 6.61 Å². The Morgan fingerprint density at radius 2 is 2.18 bits per heavy atom. The standard InChI is InChI=1S/C15H23NO/c1-3-12(2)14-5-4-13-6-7-16(8-9-17)11-15(13)10-14/h4-5,10,12,17H,3,6-9,11H2,1-2H3. The molecule has 0 aliphatic carbocycles. The zero-order chi connectivity index (χ0) is 12.3. The minimum Gasteiger partial charge on any atom is -0.395 e. The lowest BCUT2D eigenvalue weighted by atomic mass is 9.91. The average Bonchev–Trinajstić information content (AvgIpc) is 2.37. The van der Waals surface area contributed by atoms with Gasteiger partial charge in [-0.25, -0.2) is 0 Å². The molecule has 1 aromatic carbocycles. The van der Waals surface area contributed by atoms with E-state index in [0.717, 1.165) is 26.1 Å². The van der Waals surface area contributed by atoms with E-state index in [2.05, 4.69) is 36.9 Å². The molecule has 0 saturated heterocycles. The zero-order valence-electron chi connectivity index (χ0n) is 10.9. The Balaban J connectivity index is 2.17. The maximum absolute atomic E-state index is 9.01. The fraction of sp³-hybridized carbons (Fsp3) is 0.600. The molecule has 0 fully saturated rings. The van der Waals surface area contributed by atoms with E-state index in [1.54, 1.807) is 0 Å². The van der Waals surface area contributed by atoms with Crippen molar-refractivity contribution in [3.63, 3.8) is 0 Å². The highest BCUT2D eigenvalue weighted by Gasteiger charge is 2.16. The lowest BCUT2D eigenvalue weighted by Gasteiger charge is -2.28. The summed E-state index contributed by atoms with van der Waals surface area (Å²) in [6.45, 7) is 7.67. The molecule has 0 spiro atoms. The van der Waals surface area contributed by atoms with Crippen LogP contribution in [0.1, 0.15) is 42.9 Å². The molecule has 1 heterocycles. The minimum absolute atomic E-state index is 0.264. The van der Waals surface area contributed by atoms with Crippen molar-refractivity contribution in [2.45, 2.75) is 39.2 Å². The van der Waals surface area contributed by atoms with Gasteiger partial charge in [-0.05, 0) is 35.4 Å². The summed E-state index contributed by atoms with van der Waals surface area (Å²) in [7, 11) is 0. The maximum atomic E-state index is 9.01. The number of rotatable bonds is 4. The lowest BCUT2D eigenvalue weighted by Crippen LogP contribution is -2.32.